The molecule has 1 aliphatic rings. The molecule has 0 spiro atoms. The van der Waals surface area contributed by atoms with Crippen LogP contribution in [0.25, 0.3) is 0 Å². The van der Waals surface area contributed by atoms with Crippen LogP contribution in [0.15, 0.2) is 11.4 Å². The van der Waals surface area contributed by atoms with Crippen molar-refractivity contribution in [3.05, 3.63) is 21.3 Å². The summed E-state index contributed by atoms with van der Waals surface area (Å²) in [6, 6.07) is 2.46. The molecule has 1 aromatic heterocycles. The van der Waals surface area contributed by atoms with Crippen LogP contribution in [0.4, 0.5) is 0 Å². The van der Waals surface area contributed by atoms with Gasteiger partial charge in [0.05, 0.1) is 11.1 Å². The topological polar surface area (TPSA) is 12.0 Å². The quantitative estimate of drug-likeness (QED) is 0.881. The molecule has 15 heavy (non-hydrogen) atoms. The fraction of sp³-hybridized carbons (Fsp3) is 0.636. The Morgan fingerprint density at radius 1 is 1.67 bits per heavy atom. The third kappa shape index (κ3) is 2.70. The van der Waals surface area contributed by atoms with Gasteiger partial charge in [-0.2, -0.15) is 11.8 Å². The van der Waals surface area contributed by atoms with Crippen LogP contribution in [0.5, 0.6) is 0 Å². The second-order valence-electron chi connectivity index (χ2n) is 3.72. The van der Waals surface area contributed by atoms with E-state index < -0.39 is 0 Å². The lowest BCUT2D eigenvalue weighted by atomic mass is 10.1. The van der Waals surface area contributed by atoms with Gasteiger partial charge in [0.1, 0.15) is 0 Å². The highest BCUT2D eigenvalue weighted by Gasteiger charge is 2.28. The molecule has 0 aromatic carbocycles. The first-order valence-corrected chi connectivity index (χ1v) is 7.71. The monoisotopic (exact) mass is 261 g/mol. The summed E-state index contributed by atoms with van der Waals surface area (Å²) in [6.45, 7) is 3.17. The Bertz CT molecular complexity index is 307. The SMILES string of the molecule is CCNC(c1sccc1Cl)C1CCCS1. The van der Waals surface area contributed by atoms with Crippen LogP contribution >= 0.6 is 34.7 Å². The van der Waals surface area contributed by atoms with Gasteiger partial charge in [-0.05, 0) is 36.6 Å². The number of hydrogen-bond donors (Lipinski definition) is 1. The molecule has 1 saturated heterocycles. The van der Waals surface area contributed by atoms with E-state index in [2.05, 4.69) is 29.4 Å². The van der Waals surface area contributed by atoms with Crippen molar-refractivity contribution >= 4 is 34.7 Å². The van der Waals surface area contributed by atoms with Gasteiger partial charge in [-0.15, -0.1) is 11.3 Å². The average molecular weight is 262 g/mol. The molecule has 2 unspecified atom stereocenters. The molecule has 1 aliphatic heterocycles. The maximum absolute atomic E-state index is 6.21. The molecule has 1 aromatic rings. The molecule has 0 amide bonds. The molecule has 4 heteroatoms. The lowest BCUT2D eigenvalue weighted by molar-refractivity contribution is 0.526. The van der Waals surface area contributed by atoms with E-state index in [9.17, 15) is 0 Å². The number of nitrogens with one attached hydrogen (secondary N) is 1. The summed E-state index contributed by atoms with van der Waals surface area (Å²) in [6.07, 6.45) is 2.66. The lowest BCUT2D eigenvalue weighted by Gasteiger charge is -2.23. The Morgan fingerprint density at radius 2 is 2.53 bits per heavy atom. The molecule has 0 radical (unpaired) electrons. The van der Waals surface area contributed by atoms with Crippen LogP contribution in [-0.2, 0) is 0 Å². The van der Waals surface area contributed by atoms with Crippen LogP contribution in [0, 0.1) is 0 Å². The molecule has 1 nitrogen and oxygen atoms in total. The molecule has 0 saturated carbocycles. The molecule has 2 heterocycles. The van der Waals surface area contributed by atoms with Crippen LogP contribution in [0.1, 0.15) is 30.7 Å². The summed E-state index contributed by atoms with van der Waals surface area (Å²) < 4.78 is 0. The van der Waals surface area contributed by atoms with Gasteiger partial charge >= 0.3 is 0 Å². The zero-order valence-corrected chi connectivity index (χ0v) is 11.2. The van der Waals surface area contributed by atoms with Gasteiger partial charge in [-0.3, -0.25) is 0 Å². The van der Waals surface area contributed by atoms with Gasteiger partial charge in [0.15, 0.2) is 0 Å². The van der Waals surface area contributed by atoms with Crippen molar-refractivity contribution in [1.82, 2.24) is 5.32 Å². The Kier molecular flexibility index (Phi) is 4.38. The van der Waals surface area contributed by atoms with Gasteiger partial charge in [0, 0.05) is 10.1 Å². The Labute approximate surface area is 105 Å². The van der Waals surface area contributed by atoms with Crippen molar-refractivity contribution in [2.45, 2.75) is 31.1 Å². The van der Waals surface area contributed by atoms with E-state index in [1.165, 1.54) is 23.5 Å². The minimum atomic E-state index is 0.454. The Hall–Kier alpha value is 0.300. The maximum atomic E-state index is 6.21. The van der Waals surface area contributed by atoms with Gasteiger partial charge in [-0.1, -0.05) is 18.5 Å². The Morgan fingerprint density at radius 3 is 3.07 bits per heavy atom. The number of rotatable bonds is 4. The number of hydrogen-bond acceptors (Lipinski definition) is 3. The van der Waals surface area contributed by atoms with Crippen molar-refractivity contribution in [3.63, 3.8) is 0 Å². The number of halogens is 1. The molecule has 2 atom stereocenters. The van der Waals surface area contributed by atoms with E-state index in [0.29, 0.717) is 11.3 Å². The first-order valence-electron chi connectivity index (χ1n) is 5.40. The van der Waals surface area contributed by atoms with Gasteiger partial charge in [-0.25, -0.2) is 0 Å². The predicted octanol–water partition coefficient (Wildman–Crippen LogP) is 3.95. The van der Waals surface area contributed by atoms with E-state index in [-0.39, 0.29) is 0 Å². The minimum absolute atomic E-state index is 0.454. The van der Waals surface area contributed by atoms with Crippen molar-refractivity contribution in [3.8, 4) is 0 Å². The van der Waals surface area contributed by atoms with Gasteiger partial charge in [0.2, 0.25) is 0 Å². The summed E-state index contributed by atoms with van der Waals surface area (Å²) in [5.41, 5.74) is 0. The minimum Gasteiger partial charge on any atom is -0.309 e. The molecular formula is C11H16ClNS2. The van der Waals surface area contributed by atoms with Crippen LogP contribution in [0.3, 0.4) is 0 Å². The third-order valence-corrected chi connectivity index (χ3v) is 5.59. The molecule has 1 N–H and O–H groups in total. The van der Waals surface area contributed by atoms with Gasteiger partial charge < -0.3 is 5.32 Å². The normalized spacial score (nSPS) is 23.2. The summed E-state index contributed by atoms with van der Waals surface area (Å²) >= 11 is 10.1. The largest absolute Gasteiger partial charge is 0.309 e. The summed E-state index contributed by atoms with van der Waals surface area (Å²) in [7, 11) is 0. The van der Waals surface area contributed by atoms with Crippen molar-refractivity contribution in [2.24, 2.45) is 0 Å². The number of thioether (sulfide) groups is 1. The summed E-state index contributed by atoms with van der Waals surface area (Å²) in [5, 5.41) is 7.30. The van der Waals surface area contributed by atoms with Crippen LogP contribution < -0.4 is 5.32 Å². The maximum Gasteiger partial charge on any atom is 0.0561 e. The highest BCUT2D eigenvalue weighted by molar-refractivity contribution is 8.00. The van der Waals surface area contributed by atoms with E-state index in [0.717, 1.165) is 11.6 Å². The third-order valence-electron chi connectivity index (χ3n) is 2.69. The van der Waals surface area contributed by atoms with E-state index in [1.807, 2.05) is 6.07 Å². The van der Waals surface area contributed by atoms with Crippen LogP contribution in [-0.4, -0.2) is 17.5 Å². The van der Waals surface area contributed by atoms with Gasteiger partial charge in [0.25, 0.3) is 0 Å². The zero-order chi connectivity index (χ0) is 10.7. The molecule has 0 bridgehead atoms. The second kappa shape index (κ2) is 5.58. The fourth-order valence-corrected chi connectivity index (χ4v) is 4.80. The van der Waals surface area contributed by atoms with E-state index >= 15 is 0 Å². The molecule has 0 aliphatic carbocycles. The van der Waals surface area contributed by atoms with Crippen LogP contribution in [0.2, 0.25) is 5.02 Å². The Balaban J connectivity index is 2.15. The first kappa shape index (κ1) is 11.8. The predicted molar refractivity (Wildman–Crippen MR) is 71.2 cm³/mol. The zero-order valence-electron chi connectivity index (χ0n) is 8.83. The van der Waals surface area contributed by atoms with E-state index in [1.54, 1.807) is 11.3 Å². The molecule has 1 fully saturated rings. The molecule has 84 valence electrons. The first-order chi connectivity index (χ1) is 7.33. The number of thiophene rings is 1. The van der Waals surface area contributed by atoms with E-state index in [4.69, 9.17) is 11.6 Å². The second-order valence-corrected chi connectivity index (χ2v) is 6.42. The lowest BCUT2D eigenvalue weighted by Crippen LogP contribution is -2.28. The molecular weight excluding hydrogens is 246 g/mol. The highest BCUT2D eigenvalue weighted by atomic mass is 35.5. The van der Waals surface area contributed by atoms with Crippen molar-refractivity contribution in [2.75, 3.05) is 12.3 Å². The average Bonchev–Trinajstić information content (AvgIpc) is 2.85. The molecule has 2 rings (SSSR count). The standard InChI is InChI=1S/C11H16ClNS2/c1-2-13-10(9-4-3-6-14-9)11-8(12)5-7-15-11/h5,7,9-10,13H,2-4,6H2,1H3. The fourth-order valence-electron chi connectivity index (χ4n) is 2.01. The summed E-state index contributed by atoms with van der Waals surface area (Å²) in [4.78, 5) is 1.32. The van der Waals surface area contributed by atoms with Crippen molar-refractivity contribution in [1.29, 1.82) is 0 Å². The summed E-state index contributed by atoms with van der Waals surface area (Å²) in [5.74, 6) is 1.30. The van der Waals surface area contributed by atoms with Crippen molar-refractivity contribution < 1.29 is 0 Å². The highest BCUT2D eigenvalue weighted by Crippen LogP contribution is 2.40. The smallest absolute Gasteiger partial charge is 0.0561 e.